The van der Waals surface area contributed by atoms with Gasteiger partial charge in [-0.2, -0.15) is 5.10 Å². The first-order valence-corrected chi connectivity index (χ1v) is 7.11. The monoisotopic (exact) mass is 311 g/mol. The molecule has 7 heteroatoms. The summed E-state index contributed by atoms with van der Waals surface area (Å²) in [7, 11) is 0. The highest BCUT2D eigenvalue weighted by atomic mass is 35.5. The molecule has 1 heterocycles. The molecule has 1 aliphatic carbocycles. The van der Waals surface area contributed by atoms with Crippen LogP contribution in [0.1, 0.15) is 30.0 Å². The zero-order valence-corrected chi connectivity index (χ0v) is 11.9. The Morgan fingerprint density at radius 3 is 2.50 bits per heavy atom. The first kappa shape index (κ1) is 13.4. The van der Waals surface area contributed by atoms with Crippen molar-refractivity contribution in [3.63, 3.8) is 0 Å². The van der Waals surface area contributed by atoms with Crippen molar-refractivity contribution in [2.75, 3.05) is 0 Å². The number of nitro benzene ring substituents is 1. The van der Waals surface area contributed by atoms with Crippen LogP contribution in [0.5, 0.6) is 0 Å². The molecule has 1 fully saturated rings. The number of aromatic nitrogens is 2. The molecule has 0 aliphatic heterocycles. The molecule has 1 aromatic heterocycles. The average Bonchev–Trinajstić information content (AvgIpc) is 3.23. The van der Waals surface area contributed by atoms with Crippen LogP contribution in [-0.2, 0) is 5.88 Å². The van der Waals surface area contributed by atoms with E-state index in [0.29, 0.717) is 22.6 Å². The third kappa shape index (κ3) is 2.27. The maximum atomic E-state index is 10.7. The summed E-state index contributed by atoms with van der Waals surface area (Å²) in [6, 6.07) is 6.13. The number of rotatable bonds is 4. The minimum absolute atomic E-state index is 0.0389. The summed E-state index contributed by atoms with van der Waals surface area (Å²) in [5.74, 6) is 0.762. The van der Waals surface area contributed by atoms with Crippen LogP contribution in [0.3, 0.4) is 0 Å². The van der Waals surface area contributed by atoms with Gasteiger partial charge in [-0.25, -0.2) is 4.68 Å². The molecule has 0 bridgehead atoms. The molecule has 0 amide bonds. The molecular weight excluding hydrogens is 301 g/mol. The van der Waals surface area contributed by atoms with Crippen LogP contribution < -0.4 is 0 Å². The molecule has 1 saturated carbocycles. The van der Waals surface area contributed by atoms with Crippen LogP contribution in [0, 0.1) is 10.1 Å². The summed E-state index contributed by atoms with van der Waals surface area (Å²) in [5, 5.41) is 15.7. The van der Waals surface area contributed by atoms with E-state index in [4.69, 9.17) is 23.2 Å². The fourth-order valence-electron chi connectivity index (χ4n) is 2.14. The van der Waals surface area contributed by atoms with E-state index in [-0.39, 0.29) is 5.69 Å². The summed E-state index contributed by atoms with van der Waals surface area (Å²) < 4.78 is 1.59. The fraction of sp³-hybridized carbons (Fsp3) is 0.308. The number of nitro groups is 1. The van der Waals surface area contributed by atoms with Gasteiger partial charge in [0.05, 0.1) is 22.2 Å². The highest BCUT2D eigenvalue weighted by Crippen LogP contribution is 2.43. The van der Waals surface area contributed by atoms with Crippen molar-refractivity contribution in [1.82, 2.24) is 9.78 Å². The van der Waals surface area contributed by atoms with Gasteiger partial charge in [-0.15, -0.1) is 11.6 Å². The molecule has 0 spiro atoms. The number of non-ortho nitro benzene ring substituents is 1. The maximum absolute atomic E-state index is 10.7. The second kappa shape index (κ2) is 5.07. The van der Waals surface area contributed by atoms with Gasteiger partial charge in [-0.05, 0) is 25.0 Å². The number of nitrogens with zero attached hydrogens (tertiary/aromatic N) is 3. The topological polar surface area (TPSA) is 61.0 Å². The van der Waals surface area contributed by atoms with Gasteiger partial charge in [-0.3, -0.25) is 10.1 Å². The third-order valence-electron chi connectivity index (χ3n) is 3.35. The van der Waals surface area contributed by atoms with E-state index in [1.165, 1.54) is 12.1 Å². The molecule has 5 nitrogen and oxygen atoms in total. The van der Waals surface area contributed by atoms with Crippen LogP contribution in [-0.4, -0.2) is 14.7 Å². The molecule has 0 N–H and O–H groups in total. The van der Waals surface area contributed by atoms with Gasteiger partial charge in [0.2, 0.25) is 0 Å². The number of hydrogen-bond donors (Lipinski definition) is 0. The van der Waals surface area contributed by atoms with Gasteiger partial charge in [0.15, 0.2) is 0 Å². The molecule has 104 valence electrons. The minimum atomic E-state index is -0.436. The Balaban J connectivity index is 2.03. The summed E-state index contributed by atoms with van der Waals surface area (Å²) in [6.45, 7) is 0. The first-order valence-electron chi connectivity index (χ1n) is 6.20. The Labute approximate surface area is 125 Å². The standard InChI is InChI=1S/C13H11Cl2N3O2/c14-7-11-12(8-1-2-8)16-17(13(11)15)9-3-5-10(6-4-9)18(19)20/h3-6,8H,1-2,7H2. The summed E-state index contributed by atoms with van der Waals surface area (Å²) >= 11 is 12.3. The van der Waals surface area contributed by atoms with Crippen molar-refractivity contribution < 1.29 is 4.92 Å². The lowest BCUT2D eigenvalue weighted by Gasteiger charge is -2.02. The average molecular weight is 312 g/mol. The van der Waals surface area contributed by atoms with Crippen LogP contribution in [0.25, 0.3) is 5.69 Å². The largest absolute Gasteiger partial charge is 0.269 e. The molecule has 0 atom stereocenters. The second-order valence-corrected chi connectivity index (χ2v) is 5.37. The number of halogens is 2. The number of benzene rings is 1. The molecule has 2 aromatic rings. The van der Waals surface area contributed by atoms with Crippen molar-refractivity contribution >= 4 is 28.9 Å². The lowest BCUT2D eigenvalue weighted by atomic mass is 10.2. The highest BCUT2D eigenvalue weighted by molar-refractivity contribution is 6.31. The van der Waals surface area contributed by atoms with Crippen LogP contribution >= 0.6 is 23.2 Å². The summed E-state index contributed by atoms with van der Waals surface area (Å²) in [4.78, 5) is 10.2. The van der Waals surface area contributed by atoms with E-state index in [2.05, 4.69) is 5.10 Å². The molecule has 1 aliphatic rings. The van der Waals surface area contributed by atoms with E-state index in [1.54, 1.807) is 16.8 Å². The highest BCUT2D eigenvalue weighted by Gasteiger charge is 2.31. The van der Waals surface area contributed by atoms with E-state index < -0.39 is 4.92 Å². The van der Waals surface area contributed by atoms with Gasteiger partial charge in [0.1, 0.15) is 5.15 Å². The minimum Gasteiger partial charge on any atom is -0.258 e. The van der Waals surface area contributed by atoms with Crippen molar-refractivity contribution in [3.05, 3.63) is 50.8 Å². The van der Waals surface area contributed by atoms with Gasteiger partial charge in [0, 0.05) is 23.6 Å². The van der Waals surface area contributed by atoms with Gasteiger partial charge in [0.25, 0.3) is 5.69 Å². The smallest absolute Gasteiger partial charge is 0.258 e. The van der Waals surface area contributed by atoms with E-state index in [9.17, 15) is 10.1 Å². The van der Waals surface area contributed by atoms with Crippen LogP contribution in [0.4, 0.5) is 5.69 Å². The number of alkyl halides is 1. The maximum Gasteiger partial charge on any atom is 0.269 e. The molecule has 20 heavy (non-hydrogen) atoms. The van der Waals surface area contributed by atoms with E-state index in [1.807, 2.05) is 0 Å². The number of hydrogen-bond acceptors (Lipinski definition) is 3. The Morgan fingerprint density at radius 1 is 1.35 bits per heavy atom. The van der Waals surface area contributed by atoms with Crippen molar-refractivity contribution in [3.8, 4) is 5.69 Å². The van der Waals surface area contributed by atoms with Crippen molar-refractivity contribution in [2.24, 2.45) is 0 Å². The first-order chi connectivity index (χ1) is 9.61. The third-order valence-corrected chi connectivity index (χ3v) is 4.01. The summed E-state index contributed by atoms with van der Waals surface area (Å²) in [5.41, 5.74) is 2.54. The molecule has 1 aromatic carbocycles. The molecule has 0 unspecified atom stereocenters. The van der Waals surface area contributed by atoms with Crippen molar-refractivity contribution in [2.45, 2.75) is 24.6 Å². The SMILES string of the molecule is O=[N+]([O-])c1ccc(-n2nc(C3CC3)c(CCl)c2Cl)cc1. The Bertz CT molecular complexity index is 663. The predicted molar refractivity (Wildman–Crippen MR) is 76.8 cm³/mol. The molecule has 0 radical (unpaired) electrons. The van der Waals surface area contributed by atoms with Crippen LogP contribution in [0.2, 0.25) is 5.15 Å². The lowest BCUT2D eigenvalue weighted by Crippen LogP contribution is -1.97. The Morgan fingerprint density at radius 2 is 2.00 bits per heavy atom. The summed E-state index contributed by atoms with van der Waals surface area (Å²) in [6.07, 6.45) is 2.22. The molecule has 0 saturated heterocycles. The molecule has 3 rings (SSSR count). The van der Waals surface area contributed by atoms with Crippen molar-refractivity contribution in [1.29, 1.82) is 0 Å². The lowest BCUT2D eigenvalue weighted by molar-refractivity contribution is -0.384. The Hall–Kier alpha value is -1.59. The van der Waals surface area contributed by atoms with Gasteiger partial charge < -0.3 is 0 Å². The van der Waals surface area contributed by atoms with Gasteiger partial charge >= 0.3 is 0 Å². The predicted octanol–water partition coefficient (Wildman–Crippen LogP) is 4.05. The zero-order chi connectivity index (χ0) is 14.3. The molecular formula is C13H11Cl2N3O2. The van der Waals surface area contributed by atoms with Crippen LogP contribution in [0.15, 0.2) is 24.3 Å². The quantitative estimate of drug-likeness (QED) is 0.486. The fourth-order valence-corrected chi connectivity index (χ4v) is 2.77. The normalized spacial score (nSPS) is 14.5. The Kier molecular flexibility index (Phi) is 3.40. The second-order valence-electron chi connectivity index (χ2n) is 4.75. The zero-order valence-electron chi connectivity index (χ0n) is 10.4. The van der Waals surface area contributed by atoms with E-state index in [0.717, 1.165) is 24.1 Å². The van der Waals surface area contributed by atoms with E-state index >= 15 is 0 Å². The van der Waals surface area contributed by atoms with Gasteiger partial charge in [-0.1, -0.05) is 11.6 Å².